The number of hydrogen-bond donors (Lipinski definition) is 1. The number of amides is 1. The van der Waals surface area contributed by atoms with E-state index < -0.39 is 5.91 Å². The molecule has 6 heteroatoms. The fourth-order valence-corrected chi connectivity index (χ4v) is 3.54. The third-order valence-corrected chi connectivity index (χ3v) is 5.36. The fraction of sp³-hybridized carbons (Fsp3) is 0.172. The highest BCUT2D eigenvalue weighted by Gasteiger charge is 2.16. The molecule has 0 unspecified atom stereocenters. The summed E-state index contributed by atoms with van der Waals surface area (Å²) in [7, 11) is 1.52. The van der Waals surface area contributed by atoms with Crippen LogP contribution in [0.3, 0.4) is 0 Å². The van der Waals surface area contributed by atoms with Crippen LogP contribution in [0.1, 0.15) is 35.2 Å². The molecule has 0 bridgehead atoms. The largest absolute Gasteiger partial charge is 0.493 e. The van der Waals surface area contributed by atoms with Crippen molar-refractivity contribution in [1.82, 2.24) is 5.32 Å². The van der Waals surface area contributed by atoms with E-state index in [1.165, 1.54) is 25.3 Å². The number of nitrogens with one attached hydrogen (secondary N) is 1. The van der Waals surface area contributed by atoms with E-state index in [0.717, 1.165) is 16.7 Å². The van der Waals surface area contributed by atoms with Gasteiger partial charge in [0.05, 0.1) is 13.2 Å². The SMILES string of the molecule is C=CCc1cc(/C=C(/C#N)C(=O)N[C@H](C)c2ccccc2)cc(OC)c1OCc1ccc(F)cc1. The number of carbonyl (C=O) groups excluding carboxylic acids is 1. The summed E-state index contributed by atoms with van der Waals surface area (Å²) in [6, 6.07) is 20.8. The van der Waals surface area contributed by atoms with E-state index in [-0.39, 0.29) is 24.0 Å². The average Bonchev–Trinajstić information content (AvgIpc) is 2.87. The molecule has 3 aromatic carbocycles. The van der Waals surface area contributed by atoms with E-state index in [2.05, 4.69) is 11.9 Å². The zero-order valence-electron chi connectivity index (χ0n) is 19.8. The third kappa shape index (κ3) is 6.81. The lowest BCUT2D eigenvalue weighted by Gasteiger charge is -2.16. The van der Waals surface area contributed by atoms with Crippen molar-refractivity contribution in [3.8, 4) is 17.6 Å². The predicted molar refractivity (Wildman–Crippen MR) is 134 cm³/mol. The maximum Gasteiger partial charge on any atom is 0.262 e. The molecular formula is C29H27FN2O3. The van der Waals surface area contributed by atoms with E-state index >= 15 is 0 Å². The zero-order valence-corrected chi connectivity index (χ0v) is 19.8. The highest BCUT2D eigenvalue weighted by atomic mass is 19.1. The highest BCUT2D eigenvalue weighted by molar-refractivity contribution is 6.02. The summed E-state index contributed by atoms with van der Waals surface area (Å²) in [5.41, 5.74) is 3.11. The van der Waals surface area contributed by atoms with Crippen LogP contribution in [0.25, 0.3) is 6.08 Å². The molecule has 0 saturated carbocycles. The first-order valence-electron chi connectivity index (χ1n) is 11.1. The Morgan fingerprint density at radius 3 is 2.51 bits per heavy atom. The van der Waals surface area contributed by atoms with E-state index in [1.807, 2.05) is 49.4 Å². The number of methoxy groups -OCH3 is 1. The van der Waals surface area contributed by atoms with Crippen molar-refractivity contribution in [2.24, 2.45) is 0 Å². The van der Waals surface area contributed by atoms with Gasteiger partial charge in [0.25, 0.3) is 5.91 Å². The van der Waals surface area contributed by atoms with Crippen molar-refractivity contribution < 1.29 is 18.7 Å². The Bertz CT molecular complexity index is 1250. The standard InChI is InChI=1S/C29H27FN2O3/c1-4-8-24-15-22(16-25(18-31)29(33)32-20(2)23-9-6-5-7-10-23)17-27(34-3)28(24)35-19-21-11-13-26(30)14-12-21/h4-7,9-17,20H,1,8,19H2,2-3H3,(H,32,33)/b25-16-/t20-/m1/s1. The monoisotopic (exact) mass is 470 g/mol. The van der Waals surface area contributed by atoms with Crippen LogP contribution in [0.2, 0.25) is 0 Å². The molecule has 0 aliphatic rings. The first kappa shape index (κ1) is 25.3. The molecular weight excluding hydrogens is 443 g/mol. The number of halogens is 1. The van der Waals surface area contributed by atoms with E-state index in [0.29, 0.717) is 23.5 Å². The lowest BCUT2D eigenvalue weighted by Crippen LogP contribution is -2.27. The van der Waals surface area contributed by atoms with Gasteiger partial charge in [-0.3, -0.25) is 4.79 Å². The van der Waals surface area contributed by atoms with Crippen LogP contribution in [0.15, 0.2) is 85.0 Å². The van der Waals surface area contributed by atoms with Crippen LogP contribution in [0, 0.1) is 17.1 Å². The average molecular weight is 471 g/mol. The minimum atomic E-state index is -0.468. The van der Waals surface area contributed by atoms with Gasteiger partial charge in [-0.15, -0.1) is 6.58 Å². The van der Waals surface area contributed by atoms with Crippen molar-refractivity contribution in [1.29, 1.82) is 5.26 Å². The van der Waals surface area contributed by atoms with E-state index in [9.17, 15) is 14.4 Å². The summed E-state index contributed by atoms with van der Waals surface area (Å²) in [4.78, 5) is 12.8. The molecule has 178 valence electrons. The van der Waals surface area contributed by atoms with Crippen molar-refractivity contribution in [2.75, 3.05) is 7.11 Å². The number of hydrogen-bond acceptors (Lipinski definition) is 4. The van der Waals surface area contributed by atoms with E-state index in [4.69, 9.17) is 9.47 Å². The van der Waals surface area contributed by atoms with Gasteiger partial charge in [-0.25, -0.2) is 4.39 Å². The molecule has 0 heterocycles. The van der Waals surface area contributed by atoms with Gasteiger partial charge < -0.3 is 14.8 Å². The Hall–Kier alpha value is -4.37. The second-order valence-corrected chi connectivity index (χ2v) is 7.90. The van der Waals surface area contributed by atoms with E-state index in [1.54, 1.807) is 24.3 Å². The molecule has 0 fully saturated rings. The highest BCUT2D eigenvalue weighted by Crippen LogP contribution is 2.35. The maximum atomic E-state index is 13.2. The van der Waals surface area contributed by atoms with Gasteiger partial charge >= 0.3 is 0 Å². The summed E-state index contributed by atoms with van der Waals surface area (Å²) >= 11 is 0. The van der Waals surface area contributed by atoms with Crippen LogP contribution in [-0.4, -0.2) is 13.0 Å². The summed E-state index contributed by atoms with van der Waals surface area (Å²) < 4.78 is 24.8. The second-order valence-electron chi connectivity index (χ2n) is 7.90. The summed E-state index contributed by atoms with van der Waals surface area (Å²) in [5, 5.41) is 12.5. The lowest BCUT2D eigenvalue weighted by molar-refractivity contribution is -0.117. The number of benzene rings is 3. The van der Waals surface area contributed by atoms with Crippen molar-refractivity contribution >= 4 is 12.0 Å². The number of nitrogens with zero attached hydrogens (tertiary/aromatic N) is 1. The Kier molecular flexibility index (Phi) is 8.80. The van der Waals surface area contributed by atoms with Crippen LogP contribution in [0.4, 0.5) is 4.39 Å². The van der Waals surface area contributed by atoms with Gasteiger partial charge in [0.2, 0.25) is 0 Å². The summed E-state index contributed by atoms with van der Waals surface area (Å²) in [6.45, 7) is 5.89. The number of ether oxygens (including phenoxy) is 2. The van der Waals surface area contributed by atoms with Crippen LogP contribution in [-0.2, 0) is 17.8 Å². The van der Waals surface area contributed by atoms with Crippen LogP contribution < -0.4 is 14.8 Å². The Morgan fingerprint density at radius 2 is 1.89 bits per heavy atom. The molecule has 0 aliphatic carbocycles. The number of nitriles is 1. The second kappa shape index (κ2) is 12.2. The quantitative estimate of drug-likeness (QED) is 0.227. The minimum Gasteiger partial charge on any atom is -0.493 e. The van der Waals surface area contributed by atoms with Gasteiger partial charge in [0, 0.05) is 5.56 Å². The number of allylic oxidation sites excluding steroid dienone is 1. The zero-order chi connectivity index (χ0) is 25.2. The molecule has 5 nitrogen and oxygen atoms in total. The molecule has 1 amide bonds. The first-order valence-corrected chi connectivity index (χ1v) is 11.1. The predicted octanol–water partition coefficient (Wildman–Crippen LogP) is 5.93. The van der Waals surface area contributed by atoms with Crippen LogP contribution in [0.5, 0.6) is 11.5 Å². The smallest absolute Gasteiger partial charge is 0.262 e. The molecule has 0 aromatic heterocycles. The van der Waals surface area contributed by atoms with Gasteiger partial charge in [-0.05, 0) is 60.4 Å². The molecule has 0 spiro atoms. The maximum absolute atomic E-state index is 13.2. The van der Waals surface area contributed by atoms with Crippen LogP contribution >= 0.6 is 0 Å². The number of carbonyl (C=O) groups is 1. The molecule has 35 heavy (non-hydrogen) atoms. The summed E-state index contributed by atoms with van der Waals surface area (Å²) in [5.74, 6) is 0.192. The third-order valence-electron chi connectivity index (χ3n) is 5.36. The first-order chi connectivity index (χ1) is 16.9. The molecule has 3 aromatic rings. The fourth-order valence-electron chi connectivity index (χ4n) is 3.54. The summed E-state index contributed by atoms with van der Waals surface area (Å²) in [6.07, 6.45) is 3.73. The molecule has 3 rings (SSSR count). The van der Waals surface area contributed by atoms with Crippen molar-refractivity contribution in [3.63, 3.8) is 0 Å². The normalized spacial score (nSPS) is 11.8. The van der Waals surface area contributed by atoms with Crippen molar-refractivity contribution in [2.45, 2.75) is 26.0 Å². The topological polar surface area (TPSA) is 71.4 Å². The Morgan fingerprint density at radius 1 is 1.17 bits per heavy atom. The minimum absolute atomic E-state index is 0.0284. The Balaban J connectivity index is 1.86. The number of rotatable bonds is 10. The molecule has 0 radical (unpaired) electrons. The van der Waals surface area contributed by atoms with Gasteiger partial charge in [-0.1, -0.05) is 48.5 Å². The van der Waals surface area contributed by atoms with Gasteiger partial charge in [-0.2, -0.15) is 5.26 Å². The Labute approximate surface area is 205 Å². The molecule has 0 aliphatic heterocycles. The van der Waals surface area contributed by atoms with Gasteiger partial charge in [0.1, 0.15) is 24.1 Å². The molecule has 1 atom stereocenters. The molecule has 1 N–H and O–H groups in total. The van der Waals surface area contributed by atoms with Gasteiger partial charge in [0.15, 0.2) is 11.5 Å². The van der Waals surface area contributed by atoms with Crippen molar-refractivity contribution in [3.05, 3.63) is 113 Å². The lowest BCUT2D eigenvalue weighted by atomic mass is 10.0. The molecule has 0 saturated heterocycles.